The number of piperidine rings is 1. The van der Waals surface area contributed by atoms with Gasteiger partial charge in [-0.05, 0) is 45.2 Å². The van der Waals surface area contributed by atoms with Crippen molar-refractivity contribution < 1.29 is 4.79 Å². The van der Waals surface area contributed by atoms with Crippen molar-refractivity contribution >= 4 is 11.7 Å². The van der Waals surface area contributed by atoms with Crippen molar-refractivity contribution in [2.75, 3.05) is 18.4 Å². The topological polar surface area (TPSA) is 45.2 Å². The molecule has 1 fully saturated rings. The second-order valence-electron chi connectivity index (χ2n) is 4.92. The minimum atomic E-state index is -0.211. The summed E-state index contributed by atoms with van der Waals surface area (Å²) in [7, 11) is 0. The van der Waals surface area contributed by atoms with E-state index in [2.05, 4.69) is 10.3 Å². The van der Waals surface area contributed by atoms with Crippen LogP contribution in [-0.2, 0) is 4.79 Å². The molecule has 2 rings (SSSR count). The highest BCUT2D eigenvalue weighted by Gasteiger charge is 2.22. The van der Waals surface area contributed by atoms with E-state index in [-0.39, 0.29) is 11.9 Å². The quantitative estimate of drug-likeness (QED) is 0.890. The molecular weight excluding hydrogens is 226 g/mol. The Bertz CT molecular complexity index is 413. The lowest BCUT2D eigenvalue weighted by molar-refractivity contribution is -0.132. The highest BCUT2D eigenvalue weighted by atomic mass is 16.2. The molecule has 1 saturated heterocycles. The van der Waals surface area contributed by atoms with Crippen LogP contribution in [0.5, 0.6) is 0 Å². The minimum absolute atomic E-state index is 0.179. The van der Waals surface area contributed by atoms with E-state index in [9.17, 15) is 4.79 Å². The van der Waals surface area contributed by atoms with Crippen molar-refractivity contribution in [2.24, 2.45) is 0 Å². The number of carbonyl (C=O) groups is 1. The van der Waals surface area contributed by atoms with E-state index in [1.54, 1.807) is 0 Å². The van der Waals surface area contributed by atoms with Crippen molar-refractivity contribution in [1.82, 2.24) is 9.88 Å². The van der Waals surface area contributed by atoms with Crippen LogP contribution in [0, 0.1) is 6.92 Å². The molecule has 4 heteroatoms. The average molecular weight is 247 g/mol. The predicted octanol–water partition coefficient (Wildman–Crippen LogP) is 2.20. The summed E-state index contributed by atoms with van der Waals surface area (Å²) in [5, 5.41) is 3.18. The standard InChI is InChI=1S/C14H21N3O/c1-11-7-6-8-13(15-11)16-12(2)14(18)17-9-4-3-5-10-17/h6-8,12H,3-5,9-10H2,1-2H3,(H,15,16). The van der Waals surface area contributed by atoms with Gasteiger partial charge in [0.1, 0.15) is 11.9 Å². The zero-order chi connectivity index (χ0) is 13.0. The summed E-state index contributed by atoms with van der Waals surface area (Å²) in [6, 6.07) is 5.58. The van der Waals surface area contributed by atoms with E-state index >= 15 is 0 Å². The first-order valence-corrected chi connectivity index (χ1v) is 6.66. The zero-order valence-corrected chi connectivity index (χ0v) is 11.1. The SMILES string of the molecule is Cc1cccc(NC(C)C(=O)N2CCCCC2)n1. The molecular formula is C14H21N3O. The van der Waals surface area contributed by atoms with Gasteiger partial charge >= 0.3 is 0 Å². The van der Waals surface area contributed by atoms with Gasteiger partial charge in [-0.25, -0.2) is 4.98 Å². The molecule has 1 unspecified atom stereocenters. The van der Waals surface area contributed by atoms with Crippen LogP contribution >= 0.6 is 0 Å². The molecule has 0 radical (unpaired) electrons. The lowest BCUT2D eigenvalue weighted by Crippen LogP contribution is -2.44. The number of rotatable bonds is 3. The average Bonchev–Trinajstić information content (AvgIpc) is 2.39. The number of hydrogen-bond acceptors (Lipinski definition) is 3. The molecule has 1 aromatic rings. The normalized spacial score (nSPS) is 17.3. The van der Waals surface area contributed by atoms with E-state index in [0.29, 0.717) is 0 Å². The largest absolute Gasteiger partial charge is 0.359 e. The summed E-state index contributed by atoms with van der Waals surface area (Å²) < 4.78 is 0. The maximum absolute atomic E-state index is 12.2. The van der Waals surface area contributed by atoms with Crippen molar-refractivity contribution in [3.63, 3.8) is 0 Å². The fraction of sp³-hybridized carbons (Fsp3) is 0.571. The maximum atomic E-state index is 12.2. The second kappa shape index (κ2) is 5.85. The van der Waals surface area contributed by atoms with Crippen LogP contribution in [0.3, 0.4) is 0 Å². The molecule has 18 heavy (non-hydrogen) atoms. The van der Waals surface area contributed by atoms with Crippen LogP contribution in [-0.4, -0.2) is 34.9 Å². The molecule has 0 bridgehead atoms. The molecule has 1 aromatic heterocycles. The number of anilines is 1. The second-order valence-corrected chi connectivity index (χ2v) is 4.92. The number of pyridine rings is 1. The van der Waals surface area contributed by atoms with Gasteiger partial charge in [0, 0.05) is 18.8 Å². The first-order chi connectivity index (χ1) is 8.66. The van der Waals surface area contributed by atoms with Gasteiger partial charge in [-0.15, -0.1) is 0 Å². The smallest absolute Gasteiger partial charge is 0.244 e. The third kappa shape index (κ3) is 3.22. The molecule has 1 aliphatic heterocycles. The number of hydrogen-bond donors (Lipinski definition) is 1. The molecule has 4 nitrogen and oxygen atoms in total. The molecule has 1 N–H and O–H groups in total. The number of aromatic nitrogens is 1. The minimum Gasteiger partial charge on any atom is -0.359 e. The fourth-order valence-electron chi connectivity index (χ4n) is 2.30. The van der Waals surface area contributed by atoms with Gasteiger partial charge in [0.2, 0.25) is 5.91 Å². The van der Waals surface area contributed by atoms with Gasteiger partial charge in [0.05, 0.1) is 0 Å². The molecule has 1 aliphatic rings. The molecule has 98 valence electrons. The highest BCUT2D eigenvalue weighted by molar-refractivity contribution is 5.84. The molecule has 0 aromatic carbocycles. The summed E-state index contributed by atoms with van der Waals surface area (Å²) in [5.41, 5.74) is 0.956. The highest BCUT2D eigenvalue weighted by Crippen LogP contribution is 2.12. The summed E-state index contributed by atoms with van der Waals surface area (Å²) in [4.78, 5) is 18.5. The Balaban J connectivity index is 1.94. The first-order valence-electron chi connectivity index (χ1n) is 6.66. The van der Waals surface area contributed by atoms with Crippen molar-refractivity contribution in [1.29, 1.82) is 0 Å². The summed E-state index contributed by atoms with van der Waals surface area (Å²) in [5.74, 6) is 0.950. The Kier molecular flexibility index (Phi) is 4.18. The molecule has 1 atom stereocenters. The molecule has 0 aliphatic carbocycles. The Morgan fingerprint density at radius 3 is 2.72 bits per heavy atom. The first kappa shape index (κ1) is 12.9. The summed E-state index contributed by atoms with van der Waals surface area (Å²) in [6.45, 7) is 5.64. The van der Waals surface area contributed by atoms with Crippen LogP contribution in [0.15, 0.2) is 18.2 Å². The zero-order valence-electron chi connectivity index (χ0n) is 11.1. The Morgan fingerprint density at radius 1 is 1.33 bits per heavy atom. The lowest BCUT2D eigenvalue weighted by Gasteiger charge is -2.29. The molecule has 1 amide bonds. The van der Waals surface area contributed by atoms with Crippen molar-refractivity contribution in [3.8, 4) is 0 Å². The van der Waals surface area contributed by atoms with E-state index in [1.807, 2.05) is 36.9 Å². The predicted molar refractivity (Wildman–Crippen MR) is 72.5 cm³/mol. The number of carbonyl (C=O) groups excluding carboxylic acids is 1. The van der Waals surface area contributed by atoms with Crippen molar-refractivity contribution in [3.05, 3.63) is 23.9 Å². The van der Waals surface area contributed by atoms with E-state index in [1.165, 1.54) is 6.42 Å². The summed E-state index contributed by atoms with van der Waals surface area (Å²) >= 11 is 0. The molecule has 0 saturated carbocycles. The van der Waals surface area contributed by atoms with Gasteiger partial charge in [-0.3, -0.25) is 4.79 Å². The van der Waals surface area contributed by atoms with Crippen LogP contribution in [0.1, 0.15) is 31.9 Å². The Hall–Kier alpha value is -1.58. The Labute approximate surface area is 108 Å². The van der Waals surface area contributed by atoms with Gasteiger partial charge in [-0.2, -0.15) is 0 Å². The van der Waals surface area contributed by atoms with Crippen molar-refractivity contribution in [2.45, 2.75) is 39.2 Å². The fourth-order valence-corrected chi connectivity index (χ4v) is 2.30. The molecule has 2 heterocycles. The third-order valence-corrected chi connectivity index (χ3v) is 3.29. The number of nitrogens with zero attached hydrogens (tertiary/aromatic N) is 2. The van der Waals surface area contributed by atoms with Crippen LogP contribution < -0.4 is 5.32 Å². The number of likely N-dealkylation sites (tertiary alicyclic amines) is 1. The van der Waals surface area contributed by atoms with E-state index in [0.717, 1.165) is 37.4 Å². The molecule has 0 spiro atoms. The summed E-state index contributed by atoms with van der Waals surface area (Å²) in [6.07, 6.45) is 3.49. The number of nitrogens with one attached hydrogen (secondary N) is 1. The lowest BCUT2D eigenvalue weighted by atomic mass is 10.1. The van der Waals surface area contributed by atoms with Crippen LogP contribution in [0.25, 0.3) is 0 Å². The van der Waals surface area contributed by atoms with Gasteiger partial charge in [-0.1, -0.05) is 6.07 Å². The van der Waals surface area contributed by atoms with E-state index in [4.69, 9.17) is 0 Å². The van der Waals surface area contributed by atoms with Gasteiger partial charge in [0.15, 0.2) is 0 Å². The van der Waals surface area contributed by atoms with Gasteiger partial charge < -0.3 is 10.2 Å². The van der Waals surface area contributed by atoms with Crippen LogP contribution in [0.4, 0.5) is 5.82 Å². The maximum Gasteiger partial charge on any atom is 0.244 e. The van der Waals surface area contributed by atoms with Gasteiger partial charge in [0.25, 0.3) is 0 Å². The van der Waals surface area contributed by atoms with Crippen LogP contribution in [0.2, 0.25) is 0 Å². The van der Waals surface area contributed by atoms with E-state index < -0.39 is 0 Å². The third-order valence-electron chi connectivity index (χ3n) is 3.29. The number of aryl methyl sites for hydroxylation is 1. The monoisotopic (exact) mass is 247 g/mol. The Morgan fingerprint density at radius 2 is 2.06 bits per heavy atom. The number of amides is 1.